The molecule has 1 unspecified atom stereocenters. The molecule has 19 heavy (non-hydrogen) atoms. The van der Waals surface area contributed by atoms with Gasteiger partial charge in [0.25, 0.3) is 0 Å². The van der Waals surface area contributed by atoms with E-state index in [1.807, 2.05) is 48.9 Å². The number of rotatable bonds is 3. The Labute approximate surface area is 111 Å². The normalized spacial score (nSPS) is 13.0. The highest BCUT2D eigenvalue weighted by Crippen LogP contribution is 2.23. The van der Waals surface area contributed by atoms with Crippen molar-refractivity contribution >= 4 is 11.0 Å². The molecule has 2 heterocycles. The zero-order valence-corrected chi connectivity index (χ0v) is 11.0. The van der Waals surface area contributed by atoms with E-state index >= 15 is 0 Å². The van der Waals surface area contributed by atoms with Gasteiger partial charge in [0.15, 0.2) is 0 Å². The highest BCUT2D eigenvalue weighted by atomic mass is 16.3. The molecule has 0 fully saturated rings. The molecule has 2 aromatic heterocycles. The summed E-state index contributed by atoms with van der Waals surface area (Å²) in [4.78, 5) is 4.56. The van der Waals surface area contributed by atoms with Crippen LogP contribution >= 0.6 is 0 Å². The summed E-state index contributed by atoms with van der Waals surface area (Å²) in [5.41, 5.74) is 2.86. The van der Waals surface area contributed by atoms with E-state index in [9.17, 15) is 5.11 Å². The van der Waals surface area contributed by atoms with E-state index in [1.54, 1.807) is 6.26 Å². The van der Waals surface area contributed by atoms with Crippen molar-refractivity contribution in [1.82, 2.24) is 9.55 Å². The molecule has 98 valence electrons. The van der Waals surface area contributed by atoms with Gasteiger partial charge in [-0.25, -0.2) is 4.98 Å². The van der Waals surface area contributed by atoms with E-state index in [4.69, 9.17) is 4.42 Å². The molecule has 1 N–H and O–H groups in total. The Morgan fingerprint density at radius 3 is 2.79 bits per heavy atom. The van der Waals surface area contributed by atoms with E-state index in [2.05, 4.69) is 4.98 Å². The second-order valence-electron chi connectivity index (χ2n) is 4.73. The zero-order valence-electron chi connectivity index (χ0n) is 11.0. The maximum Gasteiger partial charge on any atom is 0.112 e. The van der Waals surface area contributed by atoms with Crippen LogP contribution < -0.4 is 0 Å². The topological polar surface area (TPSA) is 51.2 Å². The van der Waals surface area contributed by atoms with Crippen molar-refractivity contribution in [3.63, 3.8) is 0 Å². The van der Waals surface area contributed by atoms with E-state index in [0.717, 1.165) is 28.2 Å². The third-order valence-corrected chi connectivity index (χ3v) is 3.51. The van der Waals surface area contributed by atoms with Crippen molar-refractivity contribution in [2.75, 3.05) is 0 Å². The third kappa shape index (κ3) is 2.04. The number of benzene rings is 1. The molecule has 0 radical (unpaired) electrons. The summed E-state index contributed by atoms with van der Waals surface area (Å²) in [6.07, 6.45) is 1.49. The SMILES string of the molecule is Cc1occc1C(O)Cc1nc2ccccc2n1C. The van der Waals surface area contributed by atoms with Gasteiger partial charge in [-0.3, -0.25) is 0 Å². The molecule has 4 heteroatoms. The van der Waals surface area contributed by atoms with Gasteiger partial charge in [-0.05, 0) is 25.1 Å². The molecule has 3 aromatic rings. The fraction of sp³-hybridized carbons (Fsp3) is 0.267. The Morgan fingerprint density at radius 2 is 2.11 bits per heavy atom. The molecule has 0 saturated heterocycles. The first kappa shape index (κ1) is 12.0. The smallest absolute Gasteiger partial charge is 0.112 e. The van der Waals surface area contributed by atoms with Crippen LogP contribution in [-0.2, 0) is 13.5 Å². The average molecular weight is 256 g/mol. The van der Waals surface area contributed by atoms with Gasteiger partial charge in [0.2, 0.25) is 0 Å². The Hall–Kier alpha value is -2.07. The predicted octanol–water partition coefficient (Wildman–Crippen LogP) is 2.75. The predicted molar refractivity (Wildman–Crippen MR) is 72.8 cm³/mol. The van der Waals surface area contributed by atoms with E-state index in [1.165, 1.54) is 0 Å². The second-order valence-corrected chi connectivity index (χ2v) is 4.73. The summed E-state index contributed by atoms with van der Waals surface area (Å²) in [7, 11) is 1.97. The maximum atomic E-state index is 10.3. The van der Waals surface area contributed by atoms with Crippen molar-refractivity contribution < 1.29 is 9.52 Å². The minimum atomic E-state index is -0.589. The number of furan rings is 1. The molecule has 3 rings (SSSR count). The number of imidazole rings is 1. The van der Waals surface area contributed by atoms with Crippen LogP contribution in [0.1, 0.15) is 23.3 Å². The summed E-state index contributed by atoms with van der Waals surface area (Å²) in [5, 5.41) is 10.3. The fourth-order valence-electron chi connectivity index (χ4n) is 2.40. The molecule has 0 bridgehead atoms. The zero-order chi connectivity index (χ0) is 13.4. The quantitative estimate of drug-likeness (QED) is 0.784. The van der Waals surface area contributed by atoms with Crippen LogP contribution in [0.4, 0.5) is 0 Å². The molecule has 1 aromatic carbocycles. The Kier molecular flexibility index (Phi) is 2.87. The lowest BCUT2D eigenvalue weighted by Gasteiger charge is -2.09. The van der Waals surface area contributed by atoms with Crippen LogP contribution in [0.3, 0.4) is 0 Å². The molecule has 0 aliphatic carbocycles. The summed E-state index contributed by atoms with van der Waals surface area (Å²) < 4.78 is 7.25. The standard InChI is InChI=1S/C15H16N2O2/c1-10-11(7-8-19-10)14(18)9-15-16-12-5-3-4-6-13(12)17(15)2/h3-8,14,18H,9H2,1-2H3. The van der Waals surface area contributed by atoms with E-state index in [-0.39, 0.29) is 0 Å². The fourth-order valence-corrected chi connectivity index (χ4v) is 2.40. The molecule has 0 amide bonds. The van der Waals surface area contributed by atoms with Crippen LogP contribution in [0.25, 0.3) is 11.0 Å². The van der Waals surface area contributed by atoms with Crippen molar-refractivity contribution in [3.05, 3.63) is 53.7 Å². The number of hydrogen-bond donors (Lipinski definition) is 1. The van der Waals surface area contributed by atoms with Gasteiger partial charge in [-0.1, -0.05) is 12.1 Å². The first-order valence-corrected chi connectivity index (χ1v) is 6.29. The second kappa shape index (κ2) is 4.55. The number of para-hydroxylation sites is 2. The van der Waals surface area contributed by atoms with Crippen LogP contribution in [0, 0.1) is 6.92 Å². The maximum absolute atomic E-state index is 10.3. The molecule has 0 aliphatic rings. The average Bonchev–Trinajstić information content (AvgIpc) is 2.95. The Morgan fingerprint density at radius 1 is 1.32 bits per heavy atom. The Bertz CT molecular complexity index is 712. The molecule has 0 saturated carbocycles. The lowest BCUT2D eigenvalue weighted by atomic mass is 10.1. The van der Waals surface area contributed by atoms with Crippen molar-refractivity contribution in [1.29, 1.82) is 0 Å². The largest absolute Gasteiger partial charge is 0.469 e. The van der Waals surface area contributed by atoms with Gasteiger partial charge in [-0.15, -0.1) is 0 Å². The first-order valence-electron chi connectivity index (χ1n) is 6.29. The van der Waals surface area contributed by atoms with Gasteiger partial charge < -0.3 is 14.1 Å². The van der Waals surface area contributed by atoms with E-state index in [0.29, 0.717) is 6.42 Å². The van der Waals surface area contributed by atoms with E-state index < -0.39 is 6.10 Å². The van der Waals surface area contributed by atoms with Gasteiger partial charge in [0.05, 0.1) is 23.4 Å². The van der Waals surface area contributed by atoms with Crippen LogP contribution in [0.15, 0.2) is 41.0 Å². The number of aliphatic hydroxyl groups excluding tert-OH is 1. The third-order valence-electron chi connectivity index (χ3n) is 3.51. The molecule has 4 nitrogen and oxygen atoms in total. The number of aryl methyl sites for hydroxylation is 2. The molecule has 0 aliphatic heterocycles. The minimum Gasteiger partial charge on any atom is -0.469 e. The molecule has 1 atom stereocenters. The lowest BCUT2D eigenvalue weighted by Crippen LogP contribution is -2.07. The monoisotopic (exact) mass is 256 g/mol. The Balaban J connectivity index is 1.93. The molecular formula is C15H16N2O2. The number of aromatic nitrogens is 2. The van der Waals surface area contributed by atoms with Crippen LogP contribution in [-0.4, -0.2) is 14.7 Å². The van der Waals surface area contributed by atoms with Gasteiger partial charge in [0.1, 0.15) is 11.6 Å². The number of hydrogen-bond acceptors (Lipinski definition) is 3. The summed E-state index contributed by atoms with van der Waals surface area (Å²) >= 11 is 0. The van der Waals surface area contributed by atoms with Crippen molar-refractivity contribution in [2.45, 2.75) is 19.4 Å². The molecule has 0 spiro atoms. The van der Waals surface area contributed by atoms with Gasteiger partial charge in [0, 0.05) is 19.0 Å². The summed E-state index contributed by atoms with van der Waals surface area (Å²) in [6, 6.07) is 9.78. The van der Waals surface area contributed by atoms with Crippen molar-refractivity contribution in [2.24, 2.45) is 7.05 Å². The number of fused-ring (bicyclic) bond motifs is 1. The van der Waals surface area contributed by atoms with Gasteiger partial charge in [-0.2, -0.15) is 0 Å². The van der Waals surface area contributed by atoms with Crippen molar-refractivity contribution in [3.8, 4) is 0 Å². The highest BCUT2D eigenvalue weighted by Gasteiger charge is 2.17. The van der Waals surface area contributed by atoms with Crippen LogP contribution in [0.2, 0.25) is 0 Å². The van der Waals surface area contributed by atoms with Gasteiger partial charge >= 0.3 is 0 Å². The number of nitrogens with zero attached hydrogens (tertiary/aromatic N) is 2. The first-order chi connectivity index (χ1) is 9.16. The summed E-state index contributed by atoms with van der Waals surface area (Å²) in [6.45, 7) is 1.85. The molecular weight excluding hydrogens is 240 g/mol. The highest BCUT2D eigenvalue weighted by molar-refractivity contribution is 5.75. The lowest BCUT2D eigenvalue weighted by molar-refractivity contribution is 0.173. The number of aliphatic hydroxyl groups is 1. The summed E-state index contributed by atoms with van der Waals surface area (Å²) in [5.74, 6) is 1.63. The van der Waals surface area contributed by atoms with Crippen LogP contribution in [0.5, 0.6) is 0 Å². The minimum absolute atomic E-state index is 0.478.